The van der Waals surface area contributed by atoms with Gasteiger partial charge in [0.15, 0.2) is 0 Å². The zero-order valence-corrected chi connectivity index (χ0v) is 11.4. The molecule has 18 heavy (non-hydrogen) atoms. The van der Waals surface area contributed by atoms with E-state index in [0.717, 1.165) is 17.7 Å². The third-order valence-corrected chi connectivity index (χ3v) is 3.09. The fourth-order valence-corrected chi connectivity index (χ4v) is 2.28. The van der Waals surface area contributed by atoms with Crippen LogP contribution in [0.4, 0.5) is 5.69 Å². The summed E-state index contributed by atoms with van der Waals surface area (Å²) in [6.45, 7) is 6.55. The molecular weight excluding hydrogens is 218 g/mol. The highest BCUT2D eigenvalue weighted by Crippen LogP contribution is 2.27. The fraction of sp³-hybridized carbons (Fsp3) is 0.294. The molecule has 0 radical (unpaired) electrons. The van der Waals surface area contributed by atoms with Gasteiger partial charge in [-0.25, -0.2) is 0 Å². The molecule has 94 valence electrons. The van der Waals surface area contributed by atoms with Crippen molar-refractivity contribution in [1.29, 1.82) is 0 Å². The topological polar surface area (TPSA) is 26.0 Å². The quantitative estimate of drug-likeness (QED) is 0.787. The number of anilines is 1. The van der Waals surface area contributed by atoms with Crippen molar-refractivity contribution in [1.82, 2.24) is 0 Å². The van der Waals surface area contributed by atoms with Gasteiger partial charge in [0.1, 0.15) is 0 Å². The Hall–Kier alpha value is -1.76. The van der Waals surface area contributed by atoms with Crippen molar-refractivity contribution < 1.29 is 0 Å². The minimum atomic E-state index is 0.676. The molecule has 1 nitrogen and oxygen atoms in total. The van der Waals surface area contributed by atoms with Crippen LogP contribution in [0.3, 0.4) is 0 Å². The molecule has 0 unspecified atom stereocenters. The first-order valence-corrected chi connectivity index (χ1v) is 6.51. The van der Waals surface area contributed by atoms with Gasteiger partial charge in [0.2, 0.25) is 0 Å². The molecule has 0 spiro atoms. The monoisotopic (exact) mass is 239 g/mol. The van der Waals surface area contributed by atoms with Crippen molar-refractivity contribution in [3.8, 4) is 11.1 Å². The zero-order chi connectivity index (χ0) is 13.1. The van der Waals surface area contributed by atoms with Gasteiger partial charge in [-0.1, -0.05) is 50.2 Å². The summed E-state index contributed by atoms with van der Waals surface area (Å²) in [5.74, 6) is 0.676. The van der Waals surface area contributed by atoms with Crippen LogP contribution in [0.25, 0.3) is 11.1 Å². The number of nitrogens with two attached hydrogens (primary N) is 1. The first-order valence-electron chi connectivity index (χ1n) is 6.51. The number of rotatable bonds is 3. The van der Waals surface area contributed by atoms with Crippen LogP contribution in [0.2, 0.25) is 0 Å². The fourth-order valence-electron chi connectivity index (χ4n) is 2.28. The lowest BCUT2D eigenvalue weighted by Gasteiger charge is -2.10. The minimum absolute atomic E-state index is 0.676. The molecule has 2 aromatic carbocycles. The van der Waals surface area contributed by atoms with Crippen molar-refractivity contribution in [3.05, 3.63) is 53.6 Å². The summed E-state index contributed by atoms with van der Waals surface area (Å²) in [5.41, 5.74) is 11.9. The number of benzene rings is 2. The van der Waals surface area contributed by atoms with Gasteiger partial charge < -0.3 is 5.73 Å². The predicted octanol–water partition coefficient (Wildman–Crippen LogP) is 4.44. The number of hydrogen-bond acceptors (Lipinski definition) is 1. The summed E-state index contributed by atoms with van der Waals surface area (Å²) in [7, 11) is 0. The third kappa shape index (κ3) is 2.92. The lowest BCUT2D eigenvalue weighted by Crippen LogP contribution is -1.95. The summed E-state index contributed by atoms with van der Waals surface area (Å²) >= 11 is 0. The molecule has 0 aliphatic rings. The Morgan fingerprint density at radius 2 is 1.83 bits per heavy atom. The third-order valence-electron chi connectivity index (χ3n) is 3.09. The first kappa shape index (κ1) is 12.7. The molecule has 1 heteroatoms. The smallest absolute Gasteiger partial charge is 0.0396 e. The maximum Gasteiger partial charge on any atom is 0.0396 e. The minimum Gasteiger partial charge on any atom is -0.398 e. The van der Waals surface area contributed by atoms with Gasteiger partial charge >= 0.3 is 0 Å². The SMILES string of the molecule is Cc1ccc(-c2cccc(CC(C)C)c2)c(N)c1. The zero-order valence-electron chi connectivity index (χ0n) is 11.4. The highest BCUT2D eigenvalue weighted by atomic mass is 14.6. The van der Waals surface area contributed by atoms with Crippen LogP contribution in [0.15, 0.2) is 42.5 Å². The van der Waals surface area contributed by atoms with Crippen molar-refractivity contribution in [2.45, 2.75) is 27.2 Å². The molecule has 0 aromatic heterocycles. The van der Waals surface area contributed by atoms with E-state index in [0.29, 0.717) is 5.92 Å². The molecule has 2 rings (SSSR count). The van der Waals surface area contributed by atoms with E-state index in [1.54, 1.807) is 0 Å². The Labute approximate surface area is 110 Å². The van der Waals surface area contributed by atoms with Gasteiger partial charge in [-0.2, -0.15) is 0 Å². The van der Waals surface area contributed by atoms with Crippen LogP contribution >= 0.6 is 0 Å². The number of aryl methyl sites for hydroxylation is 1. The average Bonchev–Trinajstić information content (AvgIpc) is 2.28. The van der Waals surface area contributed by atoms with Gasteiger partial charge in [-0.15, -0.1) is 0 Å². The second-order valence-electron chi connectivity index (χ2n) is 5.39. The Balaban J connectivity index is 2.38. The second-order valence-corrected chi connectivity index (χ2v) is 5.39. The Kier molecular flexibility index (Phi) is 3.71. The number of nitrogen functional groups attached to an aromatic ring is 1. The molecule has 0 bridgehead atoms. The summed E-state index contributed by atoms with van der Waals surface area (Å²) in [4.78, 5) is 0. The van der Waals surface area contributed by atoms with E-state index in [1.165, 1.54) is 16.7 Å². The lowest BCUT2D eigenvalue weighted by atomic mass is 9.96. The molecule has 2 N–H and O–H groups in total. The second kappa shape index (κ2) is 5.26. The van der Waals surface area contributed by atoms with E-state index in [1.807, 2.05) is 6.07 Å². The molecule has 0 heterocycles. The van der Waals surface area contributed by atoms with Gasteiger partial charge in [0.25, 0.3) is 0 Å². The lowest BCUT2D eigenvalue weighted by molar-refractivity contribution is 0.647. The summed E-state index contributed by atoms with van der Waals surface area (Å²) in [6.07, 6.45) is 1.11. The van der Waals surface area contributed by atoms with Crippen molar-refractivity contribution in [2.75, 3.05) is 5.73 Å². The van der Waals surface area contributed by atoms with Crippen LogP contribution in [0.1, 0.15) is 25.0 Å². The molecule has 2 aromatic rings. The van der Waals surface area contributed by atoms with Crippen molar-refractivity contribution >= 4 is 5.69 Å². The van der Waals surface area contributed by atoms with Crippen molar-refractivity contribution in [2.24, 2.45) is 5.92 Å². The van der Waals surface area contributed by atoms with Crippen LogP contribution in [0, 0.1) is 12.8 Å². The van der Waals surface area contributed by atoms with Gasteiger partial charge in [0.05, 0.1) is 0 Å². The Morgan fingerprint density at radius 3 is 2.50 bits per heavy atom. The van der Waals surface area contributed by atoms with Crippen LogP contribution in [-0.4, -0.2) is 0 Å². The van der Waals surface area contributed by atoms with Crippen molar-refractivity contribution in [3.63, 3.8) is 0 Å². The normalized spacial score (nSPS) is 10.9. The highest BCUT2D eigenvalue weighted by Gasteiger charge is 2.04. The van der Waals surface area contributed by atoms with Crippen LogP contribution < -0.4 is 5.73 Å². The maximum absolute atomic E-state index is 6.10. The van der Waals surface area contributed by atoms with Crippen LogP contribution in [-0.2, 0) is 6.42 Å². The molecule has 0 saturated carbocycles. The summed E-state index contributed by atoms with van der Waals surface area (Å²) < 4.78 is 0. The molecule has 0 aliphatic heterocycles. The molecule has 0 fully saturated rings. The van der Waals surface area contributed by atoms with Gasteiger partial charge in [-0.3, -0.25) is 0 Å². The Morgan fingerprint density at radius 1 is 1.06 bits per heavy atom. The maximum atomic E-state index is 6.10. The molecule has 0 atom stereocenters. The molecule has 0 saturated heterocycles. The van der Waals surface area contributed by atoms with Crippen LogP contribution in [0.5, 0.6) is 0 Å². The summed E-state index contributed by atoms with van der Waals surface area (Å²) in [5, 5.41) is 0. The van der Waals surface area contributed by atoms with E-state index in [-0.39, 0.29) is 0 Å². The van der Waals surface area contributed by atoms with E-state index in [4.69, 9.17) is 5.73 Å². The summed E-state index contributed by atoms with van der Waals surface area (Å²) in [6, 6.07) is 14.9. The molecule has 0 amide bonds. The molecule has 0 aliphatic carbocycles. The molecular formula is C17H21N. The van der Waals surface area contributed by atoms with E-state index in [9.17, 15) is 0 Å². The average molecular weight is 239 g/mol. The number of hydrogen-bond donors (Lipinski definition) is 1. The highest BCUT2D eigenvalue weighted by molar-refractivity contribution is 5.77. The predicted molar refractivity (Wildman–Crippen MR) is 79.6 cm³/mol. The van der Waals surface area contributed by atoms with Gasteiger partial charge in [-0.05, 0) is 42.0 Å². The first-order chi connectivity index (χ1) is 8.56. The van der Waals surface area contributed by atoms with E-state index in [2.05, 4.69) is 57.2 Å². The standard InChI is InChI=1S/C17H21N/c1-12(2)9-14-5-4-6-15(11-14)16-8-7-13(3)10-17(16)18/h4-8,10-12H,9,18H2,1-3H3. The largest absolute Gasteiger partial charge is 0.398 e. The van der Waals surface area contributed by atoms with Gasteiger partial charge in [0, 0.05) is 11.3 Å². The Bertz CT molecular complexity index is 541. The van der Waals surface area contributed by atoms with E-state index < -0.39 is 0 Å². The van der Waals surface area contributed by atoms with E-state index >= 15 is 0 Å².